The molecule has 1 aromatic heterocycles. The molecule has 0 unspecified atom stereocenters. The van der Waals surface area contributed by atoms with Crippen molar-refractivity contribution in [1.29, 1.82) is 0 Å². The summed E-state index contributed by atoms with van der Waals surface area (Å²) in [5.74, 6) is -1.01. The Morgan fingerprint density at radius 1 is 1.42 bits per heavy atom. The molecule has 0 aliphatic rings. The van der Waals surface area contributed by atoms with E-state index >= 15 is 0 Å². The number of hydrogen-bond acceptors (Lipinski definition) is 4. The molecule has 0 atom stereocenters. The van der Waals surface area contributed by atoms with E-state index in [4.69, 9.17) is 10.8 Å². The Bertz CT molecular complexity index is 449. The van der Waals surface area contributed by atoms with E-state index in [0.717, 1.165) is 0 Å². The van der Waals surface area contributed by atoms with Gasteiger partial charge in [-0.1, -0.05) is 0 Å². The Hall–Kier alpha value is -1.99. The molecule has 0 fully saturated rings. The maximum absolute atomic E-state index is 11.9. The first-order valence-corrected chi connectivity index (χ1v) is 5.59. The Morgan fingerprint density at radius 3 is 2.68 bits per heavy atom. The number of anilines is 2. The average Bonchev–Trinajstić information content (AvgIpc) is 2.28. The lowest BCUT2D eigenvalue weighted by Crippen LogP contribution is -2.11. The normalized spacial score (nSPS) is 11.3. The summed E-state index contributed by atoms with van der Waals surface area (Å²) in [6.45, 7) is 0.246. The second-order valence-corrected chi connectivity index (χ2v) is 3.93. The predicted molar refractivity (Wildman–Crippen MR) is 64.0 cm³/mol. The SMILES string of the molecule is Nc1c(C(=O)O)ccnc1NCCCCC(F)(F)F. The standard InChI is InChI=1S/C11H14F3N3O2/c12-11(13,14)4-1-2-5-16-9-8(15)7(10(18)19)3-6-17-9/h3,6H,1-2,4-5,15H2,(H,16,17)(H,18,19). The van der Waals surface area contributed by atoms with E-state index in [9.17, 15) is 18.0 Å². The molecule has 1 aromatic rings. The van der Waals surface area contributed by atoms with E-state index in [1.165, 1.54) is 12.3 Å². The number of nitrogen functional groups attached to an aromatic ring is 1. The fraction of sp³-hybridized carbons (Fsp3) is 0.455. The molecule has 0 aromatic carbocycles. The number of carboxylic acids is 1. The van der Waals surface area contributed by atoms with Crippen LogP contribution in [0.2, 0.25) is 0 Å². The zero-order valence-electron chi connectivity index (χ0n) is 10.00. The predicted octanol–water partition coefficient (Wildman–Crippen LogP) is 2.51. The van der Waals surface area contributed by atoms with Crippen molar-refractivity contribution >= 4 is 17.5 Å². The van der Waals surface area contributed by atoms with Crippen LogP contribution in [0, 0.1) is 0 Å². The van der Waals surface area contributed by atoms with Crippen LogP contribution in [0.25, 0.3) is 0 Å². The number of nitrogens with zero attached hydrogens (tertiary/aromatic N) is 1. The van der Waals surface area contributed by atoms with E-state index in [1.807, 2.05) is 0 Å². The van der Waals surface area contributed by atoms with Gasteiger partial charge in [-0.25, -0.2) is 9.78 Å². The van der Waals surface area contributed by atoms with Gasteiger partial charge in [0.05, 0.1) is 11.3 Å². The van der Waals surface area contributed by atoms with Crippen LogP contribution in [0.3, 0.4) is 0 Å². The lowest BCUT2D eigenvalue weighted by atomic mass is 10.2. The number of aromatic carboxylic acids is 1. The van der Waals surface area contributed by atoms with Gasteiger partial charge in [0.15, 0.2) is 0 Å². The summed E-state index contributed by atoms with van der Waals surface area (Å²) in [6.07, 6.45) is -3.43. The van der Waals surface area contributed by atoms with Gasteiger partial charge < -0.3 is 16.2 Å². The van der Waals surface area contributed by atoms with Crippen molar-refractivity contribution in [3.05, 3.63) is 17.8 Å². The van der Waals surface area contributed by atoms with Gasteiger partial charge in [-0.2, -0.15) is 13.2 Å². The van der Waals surface area contributed by atoms with Crippen LogP contribution in [0.1, 0.15) is 29.6 Å². The summed E-state index contributed by atoms with van der Waals surface area (Å²) in [6, 6.07) is 1.26. The Kier molecular flexibility index (Phi) is 4.96. The number of hydrogen-bond donors (Lipinski definition) is 3. The van der Waals surface area contributed by atoms with Crippen molar-refractivity contribution < 1.29 is 23.1 Å². The van der Waals surface area contributed by atoms with E-state index < -0.39 is 18.6 Å². The van der Waals surface area contributed by atoms with Crippen LogP contribution < -0.4 is 11.1 Å². The molecule has 0 bridgehead atoms. The topological polar surface area (TPSA) is 88.2 Å². The summed E-state index contributed by atoms with van der Waals surface area (Å²) in [5, 5.41) is 11.6. The van der Waals surface area contributed by atoms with E-state index in [2.05, 4.69) is 10.3 Å². The third-order valence-electron chi connectivity index (χ3n) is 2.40. The maximum Gasteiger partial charge on any atom is 0.389 e. The van der Waals surface area contributed by atoms with Crippen molar-refractivity contribution in [3.63, 3.8) is 0 Å². The zero-order valence-corrected chi connectivity index (χ0v) is 10.00. The van der Waals surface area contributed by atoms with Gasteiger partial charge in [0.2, 0.25) is 0 Å². The quantitative estimate of drug-likeness (QED) is 0.695. The minimum atomic E-state index is -4.15. The molecule has 0 aliphatic heterocycles. The Labute approximate surface area is 107 Å². The van der Waals surface area contributed by atoms with Crippen molar-refractivity contribution in [2.45, 2.75) is 25.4 Å². The molecule has 0 amide bonds. The average molecular weight is 277 g/mol. The molecule has 1 heterocycles. The van der Waals surface area contributed by atoms with Crippen molar-refractivity contribution in [1.82, 2.24) is 4.98 Å². The first-order valence-electron chi connectivity index (χ1n) is 5.59. The summed E-state index contributed by atoms with van der Waals surface area (Å²) < 4.78 is 35.7. The molecule has 8 heteroatoms. The number of nitrogens with one attached hydrogen (secondary N) is 1. The third-order valence-corrected chi connectivity index (χ3v) is 2.40. The number of nitrogens with two attached hydrogens (primary N) is 1. The molecular weight excluding hydrogens is 263 g/mol. The number of unbranched alkanes of at least 4 members (excludes halogenated alkanes) is 1. The van der Waals surface area contributed by atoms with Gasteiger partial charge >= 0.3 is 12.1 Å². The van der Waals surface area contributed by atoms with Crippen molar-refractivity contribution in [2.24, 2.45) is 0 Å². The highest BCUT2D eigenvalue weighted by Gasteiger charge is 2.25. The molecule has 0 spiro atoms. The number of aromatic nitrogens is 1. The molecule has 0 aliphatic carbocycles. The minimum absolute atomic E-state index is 0.00493. The molecule has 1 rings (SSSR count). The summed E-state index contributed by atoms with van der Waals surface area (Å²) in [5.41, 5.74) is 5.47. The summed E-state index contributed by atoms with van der Waals surface area (Å²) in [4.78, 5) is 14.6. The lowest BCUT2D eigenvalue weighted by molar-refractivity contribution is -0.135. The molecule has 0 radical (unpaired) electrons. The first kappa shape index (κ1) is 15.1. The molecule has 106 valence electrons. The third kappa shape index (κ3) is 5.02. The summed E-state index contributed by atoms with van der Waals surface area (Å²) in [7, 11) is 0. The van der Waals surface area contributed by atoms with Gasteiger partial charge in [-0.15, -0.1) is 0 Å². The van der Waals surface area contributed by atoms with Gasteiger partial charge in [0, 0.05) is 19.2 Å². The second kappa shape index (κ2) is 6.26. The molecule has 4 N–H and O–H groups in total. The molecule has 5 nitrogen and oxygen atoms in total. The number of pyridine rings is 1. The van der Waals surface area contributed by atoms with E-state index in [-0.39, 0.29) is 36.5 Å². The van der Waals surface area contributed by atoms with Gasteiger partial charge in [0.25, 0.3) is 0 Å². The minimum Gasteiger partial charge on any atom is -0.478 e. The van der Waals surface area contributed by atoms with Crippen LogP contribution in [0.4, 0.5) is 24.7 Å². The zero-order chi connectivity index (χ0) is 14.5. The van der Waals surface area contributed by atoms with Crippen LogP contribution in [-0.4, -0.2) is 28.8 Å². The number of alkyl halides is 3. The number of halogens is 3. The summed E-state index contributed by atoms with van der Waals surface area (Å²) >= 11 is 0. The highest BCUT2D eigenvalue weighted by Crippen LogP contribution is 2.23. The largest absolute Gasteiger partial charge is 0.478 e. The maximum atomic E-state index is 11.9. The number of carboxylic acid groups (broad SMARTS) is 1. The van der Waals surface area contributed by atoms with Crippen molar-refractivity contribution in [2.75, 3.05) is 17.6 Å². The van der Waals surface area contributed by atoms with E-state index in [0.29, 0.717) is 0 Å². The van der Waals surface area contributed by atoms with Crippen LogP contribution in [-0.2, 0) is 0 Å². The van der Waals surface area contributed by atoms with Crippen molar-refractivity contribution in [3.8, 4) is 0 Å². The van der Waals surface area contributed by atoms with Gasteiger partial charge in [0.1, 0.15) is 5.82 Å². The van der Waals surface area contributed by atoms with Crippen LogP contribution >= 0.6 is 0 Å². The lowest BCUT2D eigenvalue weighted by Gasteiger charge is -2.10. The Morgan fingerprint density at radius 2 is 2.11 bits per heavy atom. The smallest absolute Gasteiger partial charge is 0.389 e. The first-order chi connectivity index (χ1) is 8.81. The highest BCUT2D eigenvalue weighted by molar-refractivity contribution is 5.96. The number of carbonyl (C=O) groups is 1. The monoisotopic (exact) mass is 277 g/mol. The second-order valence-electron chi connectivity index (χ2n) is 3.93. The highest BCUT2D eigenvalue weighted by atomic mass is 19.4. The molecule has 19 heavy (non-hydrogen) atoms. The van der Waals surface area contributed by atoms with E-state index in [1.54, 1.807) is 0 Å². The fourth-order valence-corrected chi connectivity index (χ4v) is 1.46. The fourth-order valence-electron chi connectivity index (χ4n) is 1.46. The molecular formula is C11H14F3N3O2. The number of rotatable bonds is 6. The van der Waals surface area contributed by atoms with Crippen LogP contribution in [0.5, 0.6) is 0 Å². The molecule has 0 saturated carbocycles. The Balaban J connectivity index is 2.46. The van der Waals surface area contributed by atoms with Gasteiger partial charge in [-0.05, 0) is 18.9 Å². The van der Waals surface area contributed by atoms with Crippen LogP contribution in [0.15, 0.2) is 12.3 Å². The van der Waals surface area contributed by atoms with Gasteiger partial charge in [-0.3, -0.25) is 0 Å². The molecule has 0 saturated heterocycles.